The van der Waals surface area contributed by atoms with Crippen LogP contribution in [0.1, 0.15) is 43.1 Å². The van der Waals surface area contributed by atoms with Crippen LogP contribution in [0.15, 0.2) is 24.3 Å². The molecule has 138 valence electrons. The Kier molecular flexibility index (Phi) is 6.42. The van der Waals surface area contributed by atoms with E-state index in [0.717, 1.165) is 31.6 Å². The molecular weight excluding hydrogens is 320 g/mol. The minimum absolute atomic E-state index is 0.248. The standard InChI is InChI=1S/C19H28N2O4/c1-19(2,3)25-18(23)21-10-6-9-20(11-12-21)14-15-7-5-8-16(13-15)17(22)24-4/h5,7-8,13H,6,9-12,14H2,1-4H3. The molecular formula is C19H28N2O4. The zero-order valence-corrected chi connectivity index (χ0v) is 15.6. The zero-order chi connectivity index (χ0) is 18.4. The summed E-state index contributed by atoms with van der Waals surface area (Å²) < 4.78 is 10.2. The van der Waals surface area contributed by atoms with Gasteiger partial charge >= 0.3 is 12.1 Å². The lowest BCUT2D eigenvalue weighted by molar-refractivity contribution is 0.0257. The summed E-state index contributed by atoms with van der Waals surface area (Å²) in [7, 11) is 1.38. The second kappa shape index (κ2) is 8.34. The van der Waals surface area contributed by atoms with Crippen LogP contribution in [-0.2, 0) is 16.0 Å². The molecule has 6 nitrogen and oxygen atoms in total. The van der Waals surface area contributed by atoms with Crippen molar-refractivity contribution in [3.05, 3.63) is 35.4 Å². The summed E-state index contributed by atoms with van der Waals surface area (Å²) in [6, 6.07) is 7.49. The molecule has 1 heterocycles. The maximum atomic E-state index is 12.2. The Bertz CT molecular complexity index is 610. The summed E-state index contributed by atoms with van der Waals surface area (Å²) in [4.78, 5) is 27.9. The molecule has 0 saturated carbocycles. The molecule has 25 heavy (non-hydrogen) atoms. The molecule has 2 rings (SSSR count). The van der Waals surface area contributed by atoms with E-state index in [1.807, 2.05) is 39.0 Å². The topological polar surface area (TPSA) is 59.1 Å². The van der Waals surface area contributed by atoms with Crippen molar-refractivity contribution >= 4 is 12.1 Å². The minimum atomic E-state index is -0.475. The molecule has 0 spiro atoms. The quantitative estimate of drug-likeness (QED) is 0.786. The number of amides is 1. The Hall–Kier alpha value is -2.08. The smallest absolute Gasteiger partial charge is 0.410 e. The highest BCUT2D eigenvalue weighted by Gasteiger charge is 2.24. The first kappa shape index (κ1) is 19.2. The molecule has 0 radical (unpaired) electrons. The predicted octanol–water partition coefficient (Wildman–Crippen LogP) is 2.92. The molecule has 0 aromatic heterocycles. The van der Waals surface area contributed by atoms with Gasteiger partial charge in [-0.05, 0) is 44.9 Å². The van der Waals surface area contributed by atoms with Crippen LogP contribution in [-0.4, -0.2) is 60.8 Å². The third-order valence-electron chi connectivity index (χ3n) is 3.99. The van der Waals surface area contributed by atoms with Crippen LogP contribution in [0.4, 0.5) is 4.79 Å². The number of ether oxygens (including phenoxy) is 2. The first-order valence-electron chi connectivity index (χ1n) is 8.66. The van der Waals surface area contributed by atoms with Crippen LogP contribution in [0.25, 0.3) is 0 Å². The van der Waals surface area contributed by atoms with Crippen LogP contribution < -0.4 is 0 Å². The average molecular weight is 348 g/mol. The Balaban J connectivity index is 1.93. The van der Waals surface area contributed by atoms with E-state index >= 15 is 0 Å². The van der Waals surface area contributed by atoms with Crippen molar-refractivity contribution in [2.45, 2.75) is 39.3 Å². The first-order chi connectivity index (χ1) is 11.8. The normalized spacial score (nSPS) is 16.2. The second-order valence-electron chi connectivity index (χ2n) is 7.29. The van der Waals surface area contributed by atoms with Gasteiger partial charge in [-0.1, -0.05) is 12.1 Å². The van der Waals surface area contributed by atoms with E-state index in [0.29, 0.717) is 18.7 Å². The van der Waals surface area contributed by atoms with Crippen LogP contribution >= 0.6 is 0 Å². The van der Waals surface area contributed by atoms with E-state index < -0.39 is 5.60 Å². The van der Waals surface area contributed by atoms with Gasteiger partial charge in [0.1, 0.15) is 5.60 Å². The van der Waals surface area contributed by atoms with Crippen molar-refractivity contribution in [3.63, 3.8) is 0 Å². The predicted molar refractivity (Wildman–Crippen MR) is 95.5 cm³/mol. The Morgan fingerprint density at radius 1 is 1.12 bits per heavy atom. The van der Waals surface area contributed by atoms with Gasteiger partial charge in [0.15, 0.2) is 0 Å². The largest absolute Gasteiger partial charge is 0.465 e. The zero-order valence-electron chi connectivity index (χ0n) is 15.6. The van der Waals surface area contributed by atoms with Crippen molar-refractivity contribution in [1.29, 1.82) is 0 Å². The lowest BCUT2D eigenvalue weighted by Gasteiger charge is -2.26. The van der Waals surface area contributed by atoms with Gasteiger partial charge in [0.05, 0.1) is 12.7 Å². The average Bonchev–Trinajstić information content (AvgIpc) is 2.78. The third-order valence-corrected chi connectivity index (χ3v) is 3.99. The molecule has 1 amide bonds. The van der Waals surface area contributed by atoms with Gasteiger partial charge in [-0.25, -0.2) is 9.59 Å². The molecule has 0 atom stereocenters. The number of rotatable bonds is 3. The number of carbonyl (C=O) groups is 2. The van der Waals surface area contributed by atoms with Gasteiger partial charge in [0.2, 0.25) is 0 Å². The fourth-order valence-electron chi connectivity index (χ4n) is 2.81. The van der Waals surface area contributed by atoms with Crippen LogP contribution in [0.2, 0.25) is 0 Å². The van der Waals surface area contributed by atoms with E-state index in [1.165, 1.54) is 7.11 Å². The van der Waals surface area contributed by atoms with E-state index in [9.17, 15) is 9.59 Å². The number of benzene rings is 1. The highest BCUT2D eigenvalue weighted by Crippen LogP contribution is 2.14. The molecule has 0 aliphatic carbocycles. The van der Waals surface area contributed by atoms with Gasteiger partial charge in [-0.15, -0.1) is 0 Å². The number of hydrogen-bond acceptors (Lipinski definition) is 5. The monoisotopic (exact) mass is 348 g/mol. The molecule has 1 aliphatic rings. The summed E-state index contributed by atoms with van der Waals surface area (Å²) in [5.41, 5.74) is 1.15. The van der Waals surface area contributed by atoms with Crippen LogP contribution in [0, 0.1) is 0 Å². The van der Waals surface area contributed by atoms with Crippen LogP contribution in [0.3, 0.4) is 0 Å². The molecule has 0 N–H and O–H groups in total. The lowest BCUT2D eigenvalue weighted by atomic mass is 10.1. The van der Waals surface area contributed by atoms with E-state index in [2.05, 4.69) is 4.90 Å². The van der Waals surface area contributed by atoms with Crippen molar-refractivity contribution in [2.75, 3.05) is 33.3 Å². The Morgan fingerprint density at radius 2 is 1.88 bits per heavy atom. The van der Waals surface area contributed by atoms with Gasteiger partial charge in [0, 0.05) is 32.7 Å². The highest BCUT2D eigenvalue weighted by atomic mass is 16.6. The minimum Gasteiger partial charge on any atom is -0.465 e. The van der Waals surface area contributed by atoms with Gasteiger partial charge in [-0.3, -0.25) is 4.90 Å². The maximum absolute atomic E-state index is 12.2. The number of esters is 1. The summed E-state index contributed by atoms with van der Waals surface area (Å²) in [5, 5.41) is 0. The Morgan fingerprint density at radius 3 is 2.56 bits per heavy atom. The second-order valence-corrected chi connectivity index (χ2v) is 7.29. The van der Waals surface area contributed by atoms with Gasteiger partial charge < -0.3 is 14.4 Å². The number of nitrogens with zero attached hydrogens (tertiary/aromatic N) is 2. The summed E-state index contributed by atoms with van der Waals surface area (Å²) in [6.07, 6.45) is 0.651. The van der Waals surface area contributed by atoms with E-state index in [1.54, 1.807) is 11.0 Å². The lowest BCUT2D eigenvalue weighted by Crippen LogP contribution is -2.39. The molecule has 1 aromatic rings. The summed E-state index contributed by atoms with van der Waals surface area (Å²) in [5.74, 6) is -0.325. The van der Waals surface area contributed by atoms with Crippen molar-refractivity contribution in [2.24, 2.45) is 0 Å². The molecule has 1 aromatic carbocycles. The highest BCUT2D eigenvalue weighted by molar-refractivity contribution is 5.89. The van der Waals surface area contributed by atoms with Crippen LogP contribution in [0.5, 0.6) is 0 Å². The third kappa shape index (κ3) is 6.05. The molecule has 1 aliphatic heterocycles. The fraction of sp³-hybridized carbons (Fsp3) is 0.579. The van der Waals surface area contributed by atoms with E-state index in [4.69, 9.17) is 9.47 Å². The SMILES string of the molecule is COC(=O)c1cccc(CN2CCCN(C(=O)OC(C)(C)C)CC2)c1. The van der Waals surface area contributed by atoms with Gasteiger partial charge in [0.25, 0.3) is 0 Å². The van der Waals surface area contributed by atoms with Crippen molar-refractivity contribution in [1.82, 2.24) is 9.80 Å². The Labute approximate surface area is 149 Å². The van der Waals surface area contributed by atoms with Gasteiger partial charge in [-0.2, -0.15) is 0 Å². The molecule has 1 fully saturated rings. The first-order valence-corrected chi connectivity index (χ1v) is 8.66. The number of hydrogen-bond donors (Lipinski definition) is 0. The molecule has 1 saturated heterocycles. The molecule has 0 unspecified atom stereocenters. The number of carbonyl (C=O) groups excluding carboxylic acids is 2. The summed E-state index contributed by atoms with van der Waals surface area (Å²) >= 11 is 0. The molecule has 0 bridgehead atoms. The van der Waals surface area contributed by atoms with Crippen molar-refractivity contribution in [3.8, 4) is 0 Å². The fourth-order valence-corrected chi connectivity index (χ4v) is 2.81. The van der Waals surface area contributed by atoms with E-state index in [-0.39, 0.29) is 12.1 Å². The maximum Gasteiger partial charge on any atom is 0.410 e. The van der Waals surface area contributed by atoms with Crippen molar-refractivity contribution < 1.29 is 19.1 Å². The number of methoxy groups -OCH3 is 1. The molecule has 6 heteroatoms. The summed E-state index contributed by atoms with van der Waals surface area (Å²) in [6.45, 7) is 9.41.